The van der Waals surface area contributed by atoms with E-state index < -0.39 is 0 Å². The van der Waals surface area contributed by atoms with Crippen LogP contribution in [0.25, 0.3) is 10.9 Å². The van der Waals surface area contributed by atoms with Crippen LogP contribution in [0, 0.1) is 11.3 Å². The van der Waals surface area contributed by atoms with Gasteiger partial charge >= 0.3 is 0 Å². The number of nitrogens with one attached hydrogen (secondary N) is 1. The summed E-state index contributed by atoms with van der Waals surface area (Å²) in [6, 6.07) is 15.6. The molecule has 6 rings (SSSR count). The summed E-state index contributed by atoms with van der Waals surface area (Å²) < 4.78 is 5.94. The van der Waals surface area contributed by atoms with Crippen LogP contribution in [0.5, 0.6) is 5.75 Å². The number of aromatic amines is 1. The van der Waals surface area contributed by atoms with E-state index in [4.69, 9.17) is 4.74 Å². The van der Waals surface area contributed by atoms with Crippen molar-refractivity contribution in [3.63, 3.8) is 0 Å². The Morgan fingerprint density at radius 3 is 2.66 bits per heavy atom. The van der Waals surface area contributed by atoms with E-state index in [0.29, 0.717) is 12.0 Å². The van der Waals surface area contributed by atoms with Gasteiger partial charge in [-0.15, -0.1) is 0 Å². The number of para-hydroxylation sites is 1. The molecule has 2 aliphatic heterocycles. The van der Waals surface area contributed by atoms with E-state index in [-0.39, 0.29) is 0 Å². The number of aromatic nitrogens is 1. The van der Waals surface area contributed by atoms with E-state index in [0.717, 1.165) is 56.0 Å². The predicted molar refractivity (Wildman–Crippen MR) is 127 cm³/mol. The smallest absolute Gasteiger partial charge is 0.145 e. The Labute approximate surface area is 189 Å². The van der Waals surface area contributed by atoms with Crippen LogP contribution in [-0.2, 0) is 6.42 Å². The van der Waals surface area contributed by atoms with Crippen molar-refractivity contribution in [3.8, 4) is 11.8 Å². The number of H-pyrrole nitrogens is 1. The van der Waals surface area contributed by atoms with Crippen LogP contribution in [0.15, 0.2) is 42.6 Å². The fourth-order valence-corrected chi connectivity index (χ4v) is 6.08. The number of hydrogen-bond acceptors (Lipinski definition) is 4. The van der Waals surface area contributed by atoms with Crippen molar-refractivity contribution in [2.75, 3.05) is 37.7 Å². The fraction of sp³-hybridized carbons (Fsp3) is 0.444. The summed E-state index contributed by atoms with van der Waals surface area (Å²) in [6.07, 6.45) is 8.21. The fourth-order valence-electron chi connectivity index (χ4n) is 6.08. The molecule has 0 radical (unpaired) electrons. The molecular formula is C27H30N4O. The molecule has 0 amide bonds. The third kappa shape index (κ3) is 3.43. The van der Waals surface area contributed by atoms with Gasteiger partial charge in [-0.1, -0.05) is 12.1 Å². The monoisotopic (exact) mass is 426 g/mol. The molecule has 0 bridgehead atoms. The summed E-state index contributed by atoms with van der Waals surface area (Å²) in [5.74, 6) is 1.72. The summed E-state index contributed by atoms with van der Waals surface area (Å²) in [5.41, 5.74) is 5.95. The quantitative estimate of drug-likeness (QED) is 0.652. The molecule has 3 aromatic rings. The predicted octanol–water partition coefficient (Wildman–Crippen LogP) is 4.82. The summed E-state index contributed by atoms with van der Waals surface area (Å²) in [4.78, 5) is 8.65. The lowest BCUT2D eigenvalue weighted by Gasteiger charge is -2.43. The highest BCUT2D eigenvalue weighted by atomic mass is 16.5. The highest BCUT2D eigenvalue weighted by Gasteiger charge is 2.31. The van der Waals surface area contributed by atoms with Gasteiger partial charge in [-0.3, -0.25) is 4.90 Å². The third-order valence-corrected chi connectivity index (χ3v) is 7.84. The van der Waals surface area contributed by atoms with Crippen LogP contribution < -0.4 is 9.64 Å². The van der Waals surface area contributed by atoms with Gasteiger partial charge in [0, 0.05) is 55.7 Å². The van der Waals surface area contributed by atoms with Crippen molar-refractivity contribution < 1.29 is 4.74 Å². The Bertz CT molecular complexity index is 1160. The first-order valence-corrected chi connectivity index (χ1v) is 12.0. The van der Waals surface area contributed by atoms with Crippen LogP contribution in [0.2, 0.25) is 0 Å². The van der Waals surface area contributed by atoms with Crippen molar-refractivity contribution in [3.05, 3.63) is 59.3 Å². The molecule has 2 fully saturated rings. The maximum absolute atomic E-state index is 9.28. The Kier molecular flexibility index (Phi) is 5.04. The number of anilines is 1. The lowest BCUT2D eigenvalue weighted by Crippen LogP contribution is -2.51. The van der Waals surface area contributed by atoms with Gasteiger partial charge in [-0.2, -0.15) is 5.26 Å². The molecule has 1 aromatic heterocycles. The Hall–Kier alpha value is -2.97. The lowest BCUT2D eigenvalue weighted by molar-refractivity contribution is 0.141. The number of nitriles is 1. The van der Waals surface area contributed by atoms with E-state index in [1.54, 1.807) is 0 Å². The van der Waals surface area contributed by atoms with Crippen LogP contribution in [0.1, 0.15) is 48.3 Å². The highest BCUT2D eigenvalue weighted by molar-refractivity contribution is 5.85. The minimum Gasteiger partial charge on any atom is -0.491 e. The number of benzene rings is 2. The normalized spacial score (nSPS) is 23.7. The van der Waals surface area contributed by atoms with Crippen LogP contribution in [0.3, 0.4) is 0 Å². The molecule has 0 spiro atoms. The molecule has 0 unspecified atom stereocenters. The first-order valence-electron chi connectivity index (χ1n) is 12.0. The van der Waals surface area contributed by atoms with Gasteiger partial charge in [-0.05, 0) is 67.0 Å². The average molecular weight is 427 g/mol. The average Bonchev–Trinajstić information content (AvgIpc) is 3.51. The van der Waals surface area contributed by atoms with Crippen molar-refractivity contribution >= 4 is 16.6 Å². The third-order valence-electron chi connectivity index (χ3n) is 7.84. The first kappa shape index (κ1) is 19.7. The molecule has 2 aromatic carbocycles. The standard InChI is InChI=1S/C27H30N4O/c28-17-19-4-9-25-23(16-19)24(18-29-25)20-5-7-22(8-6-20)30-11-13-31(14-12-30)26-3-1-2-21-10-15-32-27(21)26/h1-4,9,16,18,20,22,29H,5-8,10-15H2. The molecule has 3 aliphatic rings. The van der Waals surface area contributed by atoms with Crippen molar-refractivity contribution in [1.82, 2.24) is 9.88 Å². The van der Waals surface area contributed by atoms with Crippen molar-refractivity contribution in [1.29, 1.82) is 5.26 Å². The number of hydrogen-bond donors (Lipinski definition) is 1. The zero-order valence-electron chi connectivity index (χ0n) is 18.5. The Balaban J connectivity index is 1.08. The Morgan fingerprint density at radius 2 is 1.84 bits per heavy atom. The molecular weight excluding hydrogens is 396 g/mol. The molecule has 32 heavy (non-hydrogen) atoms. The van der Waals surface area contributed by atoms with Crippen LogP contribution in [-0.4, -0.2) is 48.7 Å². The van der Waals surface area contributed by atoms with Crippen LogP contribution >= 0.6 is 0 Å². The SMILES string of the molecule is N#Cc1ccc2[nH]cc(C3CCC(N4CCN(c5cccc6c5OCC6)CC4)CC3)c2c1. The zero-order valence-corrected chi connectivity index (χ0v) is 18.5. The van der Waals surface area contributed by atoms with E-state index in [1.807, 2.05) is 12.1 Å². The zero-order chi connectivity index (χ0) is 21.5. The number of ether oxygens (including phenoxy) is 1. The molecule has 1 N–H and O–H groups in total. The van der Waals surface area contributed by atoms with Gasteiger partial charge in [0.05, 0.1) is 23.9 Å². The van der Waals surface area contributed by atoms with Crippen molar-refractivity contribution in [2.45, 2.75) is 44.1 Å². The molecule has 0 atom stereocenters. The number of nitrogens with zero attached hydrogens (tertiary/aromatic N) is 3. The maximum atomic E-state index is 9.28. The summed E-state index contributed by atoms with van der Waals surface area (Å²) in [5, 5.41) is 10.5. The number of fused-ring (bicyclic) bond motifs is 2. The highest BCUT2D eigenvalue weighted by Crippen LogP contribution is 2.40. The van der Waals surface area contributed by atoms with Gasteiger partial charge in [0.25, 0.3) is 0 Å². The molecule has 3 heterocycles. The van der Waals surface area contributed by atoms with Crippen molar-refractivity contribution in [2.24, 2.45) is 0 Å². The molecule has 1 saturated carbocycles. The van der Waals surface area contributed by atoms with Gasteiger partial charge in [0.15, 0.2) is 0 Å². The Morgan fingerprint density at radius 1 is 1.00 bits per heavy atom. The summed E-state index contributed by atoms with van der Waals surface area (Å²) in [6.45, 7) is 5.26. The van der Waals surface area contributed by atoms with Crippen LogP contribution in [0.4, 0.5) is 5.69 Å². The largest absolute Gasteiger partial charge is 0.491 e. The van der Waals surface area contributed by atoms with E-state index in [2.05, 4.69) is 51.3 Å². The molecule has 164 valence electrons. The number of piperazine rings is 1. The van der Waals surface area contributed by atoms with E-state index in [1.165, 1.54) is 47.9 Å². The summed E-state index contributed by atoms with van der Waals surface area (Å²) in [7, 11) is 0. The second kappa shape index (κ2) is 8.18. The maximum Gasteiger partial charge on any atom is 0.145 e. The van der Waals surface area contributed by atoms with E-state index in [9.17, 15) is 5.26 Å². The molecule has 1 saturated heterocycles. The van der Waals surface area contributed by atoms with Gasteiger partial charge in [0.2, 0.25) is 0 Å². The molecule has 1 aliphatic carbocycles. The second-order valence-corrected chi connectivity index (χ2v) is 9.51. The minimum absolute atomic E-state index is 0.597. The van der Waals surface area contributed by atoms with E-state index >= 15 is 0 Å². The van der Waals surface area contributed by atoms with Gasteiger partial charge in [0.1, 0.15) is 5.75 Å². The van der Waals surface area contributed by atoms with Gasteiger partial charge in [-0.25, -0.2) is 0 Å². The minimum atomic E-state index is 0.597. The number of rotatable bonds is 3. The van der Waals surface area contributed by atoms with Gasteiger partial charge < -0.3 is 14.6 Å². The second-order valence-electron chi connectivity index (χ2n) is 9.51. The molecule has 5 heteroatoms. The topological polar surface area (TPSA) is 55.3 Å². The summed E-state index contributed by atoms with van der Waals surface area (Å²) >= 11 is 0. The first-order chi connectivity index (χ1) is 15.8. The molecule has 5 nitrogen and oxygen atoms in total. The lowest BCUT2D eigenvalue weighted by atomic mass is 9.81.